The zero-order valence-corrected chi connectivity index (χ0v) is 9.24. The number of nitrogen functional groups attached to an aromatic ring is 1. The number of carbonyl (C=O) groups is 1. The summed E-state index contributed by atoms with van der Waals surface area (Å²) in [5.74, 6) is 0. The molecular formula is C13H10ClNO. The minimum atomic E-state index is -0.494. The van der Waals surface area contributed by atoms with Crippen molar-refractivity contribution in [3.63, 3.8) is 0 Å². The summed E-state index contributed by atoms with van der Waals surface area (Å²) in [6.07, 6.45) is 0. The first-order valence-corrected chi connectivity index (χ1v) is 5.21. The minimum absolute atomic E-state index is 0.416. The smallest absolute Gasteiger partial charge is 0.252 e. The van der Waals surface area contributed by atoms with Crippen LogP contribution in [0.4, 0.5) is 5.69 Å². The summed E-state index contributed by atoms with van der Waals surface area (Å²) >= 11 is 5.38. The van der Waals surface area contributed by atoms with Crippen molar-refractivity contribution in [2.45, 2.75) is 0 Å². The van der Waals surface area contributed by atoms with Gasteiger partial charge in [0.1, 0.15) is 0 Å². The first-order chi connectivity index (χ1) is 7.68. The Morgan fingerprint density at radius 2 is 1.75 bits per heavy atom. The van der Waals surface area contributed by atoms with Gasteiger partial charge in [0.25, 0.3) is 5.24 Å². The molecule has 2 aromatic rings. The molecule has 0 unspecified atom stereocenters. The van der Waals surface area contributed by atoms with Gasteiger partial charge in [-0.25, -0.2) is 0 Å². The predicted octanol–water partition coefficient (Wildman–Crippen LogP) is 3.31. The lowest BCUT2D eigenvalue weighted by molar-refractivity contribution is 0.108. The average Bonchev–Trinajstić information content (AvgIpc) is 2.30. The summed E-state index contributed by atoms with van der Waals surface area (Å²) < 4.78 is 0. The molecule has 0 aliphatic carbocycles. The Bertz CT molecular complexity index is 523. The third-order valence-corrected chi connectivity index (χ3v) is 2.58. The molecule has 0 amide bonds. The third kappa shape index (κ3) is 2.07. The van der Waals surface area contributed by atoms with Crippen molar-refractivity contribution in [1.29, 1.82) is 0 Å². The third-order valence-electron chi connectivity index (χ3n) is 2.36. The second kappa shape index (κ2) is 4.37. The van der Waals surface area contributed by atoms with Gasteiger partial charge in [-0.2, -0.15) is 0 Å². The quantitative estimate of drug-likeness (QED) is 0.637. The number of hydrogen-bond acceptors (Lipinski definition) is 2. The summed E-state index contributed by atoms with van der Waals surface area (Å²) in [4.78, 5) is 11.0. The van der Waals surface area contributed by atoms with Crippen LogP contribution in [0.3, 0.4) is 0 Å². The molecule has 0 bridgehead atoms. The Kier molecular flexibility index (Phi) is 2.93. The molecule has 0 atom stereocenters. The second-order valence-electron chi connectivity index (χ2n) is 3.44. The van der Waals surface area contributed by atoms with Crippen LogP contribution >= 0.6 is 11.6 Å². The number of rotatable bonds is 2. The van der Waals surface area contributed by atoms with Crippen LogP contribution in [0.5, 0.6) is 0 Å². The van der Waals surface area contributed by atoms with Crippen molar-refractivity contribution in [3.05, 3.63) is 54.1 Å². The standard InChI is InChI=1S/C13H10ClNO/c14-13(16)10-6-7-11(12(15)8-10)9-4-2-1-3-5-9/h1-8H,15H2. The van der Waals surface area contributed by atoms with E-state index in [4.69, 9.17) is 17.3 Å². The number of nitrogens with two attached hydrogens (primary N) is 1. The zero-order chi connectivity index (χ0) is 11.5. The van der Waals surface area contributed by atoms with E-state index in [1.165, 1.54) is 0 Å². The highest BCUT2D eigenvalue weighted by atomic mass is 35.5. The van der Waals surface area contributed by atoms with E-state index in [1.54, 1.807) is 18.2 Å². The van der Waals surface area contributed by atoms with Crippen LogP contribution in [-0.4, -0.2) is 5.24 Å². The molecule has 3 heteroatoms. The van der Waals surface area contributed by atoms with E-state index in [-0.39, 0.29) is 0 Å². The molecule has 0 saturated carbocycles. The number of anilines is 1. The van der Waals surface area contributed by atoms with E-state index in [2.05, 4.69) is 0 Å². The van der Waals surface area contributed by atoms with Gasteiger partial charge in [0.15, 0.2) is 0 Å². The van der Waals surface area contributed by atoms with Crippen LogP contribution < -0.4 is 5.73 Å². The topological polar surface area (TPSA) is 43.1 Å². The van der Waals surface area contributed by atoms with Crippen LogP contribution in [0.15, 0.2) is 48.5 Å². The largest absolute Gasteiger partial charge is 0.398 e. The fourth-order valence-electron chi connectivity index (χ4n) is 1.57. The molecule has 2 aromatic carbocycles. The van der Waals surface area contributed by atoms with Gasteiger partial charge >= 0.3 is 0 Å². The fourth-order valence-corrected chi connectivity index (χ4v) is 1.68. The van der Waals surface area contributed by atoms with Crippen LogP contribution in [0.2, 0.25) is 0 Å². The number of halogens is 1. The van der Waals surface area contributed by atoms with E-state index < -0.39 is 5.24 Å². The molecule has 16 heavy (non-hydrogen) atoms. The van der Waals surface area contributed by atoms with Gasteiger partial charge < -0.3 is 5.73 Å². The van der Waals surface area contributed by atoms with E-state index in [9.17, 15) is 4.79 Å². The highest BCUT2D eigenvalue weighted by Crippen LogP contribution is 2.26. The molecule has 0 spiro atoms. The maximum Gasteiger partial charge on any atom is 0.252 e. The van der Waals surface area contributed by atoms with Gasteiger partial charge in [0, 0.05) is 16.8 Å². The summed E-state index contributed by atoms with van der Waals surface area (Å²) in [7, 11) is 0. The Balaban J connectivity index is 2.48. The zero-order valence-electron chi connectivity index (χ0n) is 8.48. The Labute approximate surface area is 98.7 Å². The maximum atomic E-state index is 11.0. The lowest BCUT2D eigenvalue weighted by Crippen LogP contribution is -1.95. The first kappa shape index (κ1) is 10.7. The van der Waals surface area contributed by atoms with E-state index >= 15 is 0 Å². The number of carbonyl (C=O) groups excluding carboxylic acids is 1. The number of hydrogen-bond donors (Lipinski definition) is 1. The summed E-state index contributed by atoms with van der Waals surface area (Å²) in [6.45, 7) is 0. The lowest BCUT2D eigenvalue weighted by Gasteiger charge is -2.06. The molecule has 0 aliphatic rings. The fraction of sp³-hybridized carbons (Fsp3) is 0. The molecule has 80 valence electrons. The monoisotopic (exact) mass is 231 g/mol. The summed E-state index contributed by atoms with van der Waals surface area (Å²) in [6, 6.07) is 14.8. The van der Waals surface area contributed by atoms with Gasteiger partial charge in [-0.1, -0.05) is 36.4 Å². The molecule has 0 saturated heterocycles. The highest BCUT2D eigenvalue weighted by molar-refractivity contribution is 6.67. The molecule has 2 N–H and O–H groups in total. The maximum absolute atomic E-state index is 11.0. The van der Waals surface area contributed by atoms with Crippen LogP contribution in [0, 0.1) is 0 Å². The van der Waals surface area contributed by atoms with Crippen molar-refractivity contribution < 1.29 is 4.79 Å². The Morgan fingerprint density at radius 3 is 2.31 bits per heavy atom. The molecular weight excluding hydrogens is 222 g/mol. The Hall–Kier alpha value is -1.80. The van der Waals surface area contributed by atoms with Crippen molar-refractivity contribution in [2.24, 2.45) is 0 Å². The van der Waals surface area contributed by atoms with Crippen LogP contribution in [0.1, 0.15) is 10.4 Å². The predicted molar refractivity (Wildman–Crippen MR) is 66.5 cm³/mol. The lowest BCUT2D eigenvalue weighted by atomic mass is 10.0. The van der Waals surface area contributed by atoms with E-state index in [0.717, 1.165) is 11.1 Å². The van der Waals surface area contributed by atoms with Crippen LogP contribution in [-0.2, 0) is 0 Å². The second-order valence-corrected chi connectivity index (χ2v) is 3.79. The molecule has 2 nitrogen and oxygen atoms in total. The average molecular weight is 232 g/mol. The van der Waals surface area contributed by atoms with Gasteiger partial charge in [-0.15, -0.1) is 0 Å². The van der Waals surface area contributed by atoms with E-state index in [1.807, 2.05) is 30.3 Å². The van der Waals surface area contributed by atoms with Gasteiger partial charge in [-0.05, 0) is 29.3 Å². The van der Waals surface area contributed by atoms with Gasteiger partial charge in [-0.3, -0.25) is 4.79 Å². The van der Waals surface area contributed by atoms with Crippen molar-refractivity contribution >= 4 is 22.5 Å². The summed E-state index contributed by atoms with van der Waals surface area (Å²) in [5, 5.41) is -0.494. The highest BCUT2D eigenvalue weighted by Gasteiger charge is 2.06. The molecule has 0 fully saturated rings. The first-order valence-electron chi connectivity index (χ1n) is 4.83. The number of benzene rings is 2. The molecule has 2 rings (SSSR count). The van der Waals surface area contributed by atoms with Crippen molar-refractivity contribution in [3.8, 4) is 11.1 Å². The summed E-state index contributed by atoms with van der Waals surface area (Å²) in [5.41, 5.74) is 8.78. The molecule has 0 radical (unpaired) electrons. The van der Waals surface area contributed by atoms with Crippen molar-refractivity contribution in [2.75, 3.05) is 5.73 Å². The van der Waals surface area contributed by atoms with E-state index in [0.29, 0.717) is 11.3 Å². The molecule has 0 heterocycles. The Morgan fingerprint density at radius 1 is 1.06 bits per heavy atom. The minimum Gasteiger partial charge on any atom is -0.398 e. The normalized spacial score (nSPS) is 10.1. The van der Waals surface area contributed by atoms with Gasteiger partial charge in [0.2, 0.25) is 0 Å². The molecule has 0 aliphatic heterocycles. The van der Waals surface area contributed by atoms with Crippen molar-refractivity contribution in [1.82, 2.24) is 0 Å². The SMILES string of the molecule is Nc1cc(C(=O)Cl)ccc1-c1ccccc1. The van der Waals surface area contributed by atoms with Gasteiger partial charge in [0.05, 0.1) is 0 Å². The molecule has 0 aromatic heterocycles. The van der Waals surface area contributed by atoms with Crippen LogP contribution in [0.25, 0.3) is 11.1 Å².